The van der Waals surface area contributed by atoms with Gasteiger partial charge in [-0.25, -0.2) is 0 Å². The molecule has 36 heavy (non-hydrogen) atoms. The molecule has 0 amide bonds. The number of hydrogen-bond acceptors (Lipinski definition) is 5. The Kier molecular flexibility index (Phi) is 6.92. The molecule has 0 radical (unpaired) electrons. The van der Waals surface area contributed by atoms with Gasteiger partial charge >= 0.3 is 0 Å². The number of benzene rings is 3. The molecule has 3 aromatic carbocycles. The van der Waals surface area contributed by atoms with E-state index < -0.39 is 0 Å². The highest BCUT2D eigenvalue weighted by Crippen LogP contribution is 2.47. The normalized spacial score (nSPS) is 20.6. The summed E-state index contributed by atoms with van der Waals surface area (Å²) in [5, 5.41) is 20.2. The van der Waals surface area contributed by atoms with Crippen molar-refractivity contribution in [1.82, 2.24) is 4.90 Å². The third-order valence-corrected chi connectivity index (χ3v) is 7.63. The molecule has 0 aromatic heterocycles. The number of rotatable bonds is 7. The summed E-state index contributed by atoms with van der Waals surface area (Å²) in [7, 11) is 0. The van der Waals surface area contributed by atoms with Crippen LogP contribution in [0.25, 0.3) is 11.1 Å². The first-order valence-corrected chi connectivity index (χ1v) is 12.9. The van der Waals surface area contributed by atoms with E-state index in [2.05, 4.69) is 25.7 Å². The molecule has 2 heterocycles. The van der Waals surface area contributed by atoms with Crippen LogP contribution in [0.3, 0.4) is 0 Å². The lowest BCUT2D eigenvalue weighted by molar-refractivity contribution is 0.168. The molecule has 1 saturated heterocycles. The van der Waals surface area contributed by atoms with Gasteiger partial charge in [0, 0.05) is 29.8 Å². The summed E-state index contributed by atoms with van der Waals surface area (Å²) >= 11 is 0. The van der Waals surface area contributed by atoms with Gasteiger partial charge in [0.05, 0.1) is 0 Å². The average Bonchev–Trinajstić information content (AvgIpc) is 3.37. The minimum Gasteiger partial charge on any atom is -0.508 e. The van der Waals surface area contributed by atoms with E-state index in [4.69, 9.17) is 9.47 Å². The van der Waals surface area contributed by atoms with Crippen molar-refractivity contribution in [2.45, 2.75) is 45.8 Å². The SMILES string of the molecule is CC[C@@H]1CCN([C@@H](C)COc2ccc(C3Oc4cc(O)ccc4C(C)=C3c3cccc(O)c3)cc2)C1. The maximum atomic E-state index is 10.1. The number of allylic oxidation sites excluding steroid dienone is 1. The van der Waals surface area contributed by atoms with Gasteiger partial charge in [-0.2, -0.15) is 0 Å². The van der Waals surface area contributed by atoms with Crippen LogP contribution < -0.4 is 9.47 Å². The van der Waals surface area contributed by atoms with Crippen molar-refractivity contribution in [3.05, 3.63) is 83.4 Å². The summed E-state index contributed by atoms with van der Waals surface area (Å²) in [6.07, 6.45) is 2.15. The van der Waals surface area contributed by atoms with Crippen LogP contribution in [0, 0.1) is 5.92 Å². The molecule has 0 bridgehead atoms. The van der Waals surface area contributed by atoms with Gasteiger partial charge in [-0.15, -0.1) is 0 Å². The Morgan fingerprint density at radius 2 is 1.81 bits per heavy atom. The smallest absolute Gasteiger partial charge is 0.150 e. The first kappa shape index (κ1) is 24.3. The third kappa shape index (κ3) is 4.93. The number of fused-ring (bicyclic) bond motifs is 1. The van der Waals surface area contributed by atoms with E-state index >= 15 is 0 Å². The highest BCUT2D eigenvalue weighted by Gasteiger charge is 2.30. The fourth-order valence-corrected chi connectivity index (χ4v) is 5.38. The Balaban J connectivity index is 1.38. The summed E-state index contributed by atoms with van der Waals surface area (Å²) < 4.78 is 12.6. The molecule has 0 spiro atoms. The van der Waals surface area contributed by atoms with Crippen molar-refractivity contribution in [2.75, 3.05) is 19.7 Å². The number of phenols is 2. The molecule has 3 atom stereocenters. The van der Waals surface area contributed by atoms with E-state index in [0.29, 0.717) is 18.4 Å². The molecule has 2 N–H and O–H groups in total. The van der Waals surface area contributed by atoms with Crippen LogP contribution in [0.5, 0.6) is 23.0 Å². The lowest BCUT2D eigenvalue weighted by atomic mass is 9.86. The van der Waals surface area contributed by atoms with Gasteiger partial charge in [0.25, 0.3) is 0 Å². The molecule has 5 rings (SSSR count). The molecule has 188 valence electrons. The fraction of sp³-hybridized carbons (Fsp3) is 0.355. The lowest BCUT2D eigenvalue weighted by Gasteiger charge is -2.31. The predicted octanol–water partition coefficient (Wildman–Crippen LogP) is 6.66. The van der Waals surface area contributed by atoms with Crippen molar-refractivity contribution < 1.29 is 19.7 Å². The fourth-order valence-electron chi connectivity index (χ4n) is 5.38. The van der Waals surface area contributed by atoms with Crippen LogP contribution in [0.4, 0.5) is 0 Å². The Bertz CT molecular complexity index is 1250. The zero-order valence-electron chi connectivity index (χ0n) is 21.3. The van der Waals surface area contributed by atoms with E-state index in [1.807, 2.05) is 42.5 Å². The van der Waals surface area contributed by atoms with Gasteiger partial charge in [0.1, 0.15) is 35.7 Å². The Morgan fingerprint density at radius 3 is 2.53 bits per heavy atom. The molecule has 3 aromatic rings. The number of nitrogens with zero attached hydrogens (tertiary/aromatic N) is 1. The monoisotopic (exact) mass is 485 g/mol. The van der Waals surface area contributed by atoms with Crippen LogP contribution in [-0.4, -0.2) is 40.9 Å². The van der Waals surface area contributed by atoms with Crippen molar-refractivity contribution in [2.24, 2.45) is 5.92 Å². The molecule has 1 fully saturated rings. The average molecular weight is 486 g/mol. The van der Waals surface area contributed by atoms with Crippen molar-refractivity contribution in [1.29, 1.82) is 0 Å². The van der Waals surface area contributed by atoms with Gasteiger partial charge in [-0.1, -0.05) is 37.6 Å². The van der Waals surface area contributed by atoms with Crippen LogP contribution >= 0.6 is 0 Å². The highest BCUT2D eigenvalue weighted by molar-refractivity contribution is 5.95. The maximum Gasteiger partial charge on any atom is 0.150 e. The third-order valence-electron chi connectivity index (χ3n) is 7.63. The number of ether oxygens (including phenoxy) is 2. The first-order chi connectivity index (χ1) is 17.4. The van der Waals surface area contributed by atoms with E-state index in [9.17, 15) is 10.2 Å². The van der Waals surface area contributed by atoms with Crippen molar-refractivity contribution in [3.63, 3.8) is 0 Å². The second kappa shape index (κ2) is 10.3. The van der Waals surface area contributed by atoms with E-state index in [1.165, 1.54) is 19.4 Å². The number of likely N-dealkylation sites (tertiary alicyclic amines) is 1. The van der Waals surface area contributed by atoms with Crippen LogP contribution in [0.15, 0.2) is 66.7 Å². The quantitative estimate of drug-likeness (QED) is 0.392. The van der Waals surface area contributed by atoms with Crippen molar-refractivity contribution >= 4 is 11.1 Å². The summed E-state index contributed by atoms with van der Waals surface area (Å²) in [4.78, 5) is 2.53. The highest BCUT2D eigenvalue weighted by atomic mass is 16.5. The number of aromatic hydroxyl groups is 2. The first-order valence-electron chi connectivity index (χ1n) is 12.9. The van der Waals surface area contributed by atoms with E-state index in [-0.39, 0.29) is 17.6 Å². The zero-order valence-corrected chi connectivity index (χ0v) is 21.3. The summed E-state index contributed by atoms with van der Waals surface area (Å²) in [5.74, 6) is 2.68. The number of hydrogen-bond donors (Lipinski definition) is 2. The standard InChI is InChI=1S/C31H35NO4/c1-4-22-14-15-32(18-22)20(2)19-35-27-11-8-23(9-12-27)31-30(24-6-5-7-25(33)16-24)21(3)28-13-10-26(34)17-29(28)36-31/h5-13,16-17,20,22,31,33-34H,4,14-15,18-19H2,1-3H3/t20-,22+,31?/m0/s1. The largest absolute Gasteiger partial charge is 0.508 e. The van der Waals surface area contributed by atoms with Gasteiger partial charge < -0.3 is 19.7 Å². The summed E-state index contributed by atoms with van der Waals surface area (Å²) in [6, 6.07) is 20.9. The summed E-state index contributed by atoms with van der Waals surface area (Å²) in [6.45, 7) is 9.56. The van der Waals surface area contributed by atoms with E-state index in [1.54, 1.807) is 24.3 Å². The van der Waals surface area contributed by atoms with Gasteiger partial charge in [-0.3, -0.25) is 4.90 Å². The van der Waals surface area contributed by atoms with Gasteiger partial charge in [0.2, 0.25) is 0 Å². The number of phenolic OH excluding ortho intramolecular Hbond substituents is 2. The van der Waals surface area contributed by atoms with Crippen LogP contribution in [0.1, 0.15) is 56.4 Å². The Labute approximate surface area is 213 Å². The molecule has 2 aliphatic rings. The molecular weight excluding hydrogens is 450 g/mol. The molecule has 0 aliphatic carbocycles. The second-order valence-corrected chi connectivity index (χ2v) is 10.1. The molecule has 5 nitrogen and oxygen atoms in total. The minimum atomic E-state index is -0.385. The lowest BCUT2D eigenvalue weighted by Crippen LogP contribution is -2.35. The Morgan fingerprint density at radius 1 is 1.03 bits per heavy atom. The zero-order chi connectivity index (χ0) is 25.2. The maximum absolute atomic E-state index is 10.1. The van der Waals surface area contributed by atoms with Crippen LogP contribution in [0.2, 0.25) is 0 Å². The van der Waals surface area contributed by atoms with E-state index in [0.717, 1.165) is 46.0 Å². The molecule has 2 aliphatic heterocycles. The van der Waals surface area contributed by atoms with Crippen LogP contribution in [-0.2, 0) is 0 Å². The molecule has 0 saturated carbocycles. The predicted molar refractivity (Wildman–Crippen MR) is 143 cm³/mol. The molecule has 1 unspecified atom stereocenters. The summed E-state index contributed by atoms with van der Waals surface area (Å²) in [5.41, 5.74) is 4.86. The topological polar surface area (TPSA) is 62.2 Å². The molecular formula is C31H35NO4. The van der Waals surface area contributed by atoms with Gasteiger partial charge in [0.15, 0.2) is 0 Å². The molecule has 5 heteroatoms. The van der Waals surface area contributed by atoms with Crippen molar-refractivity contribution in [3.8, 4) is 23.0 Å². The minimum absolute atomic E-state index is 0.169. The van der Waals surface area contributed by atoms with Gasteiger partial charge in [-0.05, 0) is 85.8 Å². The second-order valence-electron chi connectivity index (χ2n) is 10.1. The Hall–Kier alpha value is -3.44.